The highest BCUT2D eigenvalue weighted by atomic mass is 19.3. The number of hydrogen-bond donors (Lipinski definition) is 3. The average molecular weight is 493 g/mol. The number of ether oxygens (including phenoxy) is 1. The molecule has 2 aromatic heterocycles. The molecule has 13 heteroatoms. The molecular formula is C22H26F3N7O3. The van der Waals surface area contributed by atoms with E-state index in [1.807, 2.05) is 0 Å². The first-order valence-corrected chi connectivity index (χ1v) is 10.8. The van der Waals surface area contributed by atoms with Crippen LogP contribution in [0.25, 0.3) is 0 Å². The standard InChI is InChI=1S/C22H26F3N7O3/c23-15(11-32-12-17(13-33)30-31-32)1-2-16(26)3-4-20(27)29-21(34)6-14-5-18(10-28-9-14)35-19-7-22(24,25)8-19/h3-5,9-10,12-13,15,19H,1-2,6-8,11,26-27H2,(H,29,34)/b16-3-,20-4+. The van der Waals surface area contributed by atoms with Crippen LogP contribution in [0.4, 0.5) is 13.2 Å². The van der Waals surface area contributed by atoms with Gasteiger partial charge in [0.1, 0.15) is 29.5 Å². The van der Waals surface area contributed by atoms with Crippen LogP contribution in [0.3, 0.4) is 0 Å². The van der Waals surface area contributed by atoms with E-state index in [9.17, 15) is 22.8 Å². The number of amides is 1. The number of nitrogens with two attached hydrogens (primary N) is 2. The quantitative estimate of drug-likeness (QED) is 0.299. The number of carbonyl (C=O) groups is 2. The lowest BCUT2D eigenvalue weighted by molar-refractivity contribution is -0.134. The molecule has 0 saturated heterocycles. The molecule has 0 aliphatic heterocycles. The van der Waals surface area contributed by atoms with Gasteiger partial charge in [-0.05, 0) is 36.6 Å². The molecule has 1 aliphatic rings. The lowest BCUT2D eigenvalue weighted by atomic mass is 9.91. The summed E-state index contributed by atoms with van der Waals surface area (Å²) in [5.74, 6) is -2.76. The molecule has 188 valence electrons. The van der Waals surface area contributed by atoms with Gasteiger partial charge in [-0.25, -0.2) is 17.9 Å². The van der Waals surface area contributed by atoms with Crippen molar-refractivity contribution in [2.75, 3.05) is 0 Å². The fourth-order valence-electron chi connectivity index (χ4n) is 3.29. The molecule has 1 unspecified atom stereocenters. The highest BCUT2D eigenvalue weighted by Crippen LogP contribution is 2.39. The Kier molecular flexibility index (Phi) is 8.44. The Morgan fingerprint density at radius 2 is 2.09 bits per heavy atom. The number of pyridine rings is 1. The third-order valence-corrected chi connectivity index (χ3v) is 5.06. The van der Waals surface area contributed by atoms with E-state index in [0.717, 1.165) is 0 Å². The van der Waals surface area contributed by atoms with Gasteiger partial charge in [0.15, 0.2) is 6.29 Å². The molecule has 2 heterocycles. The van der Waals surface area contributed by atoms with Crippen LogP contribution in [0.1, 0.15) is 41.7 Å². The summed E-state index contributed by atoms with van der Waals surface area (Å²) in [6.07, 6.45) is 5.38. The summed E-state index contributed by atoms with van der Waals surface area (Å²) in [5, 5.41) is 9.70. The number of allylic oxidation sites excluding steroid dienone is 3. The van der Waals surface area contributed by atoms with Crippen LogP contribution in [0.2, 0.25) is 0 Å². The van der Waals surface area contributed by atoms with Gasteiger partial charge in [0.2, 0.25) is 5.91 Å². The Morgan fingerprint density at radius 3 is 2.77 bits per heavy atom. The number of carbonyl (C=O) groups excluding carboxylic acids is 2. The molecule has 0 radical (unpaired) electrons. The SMILES string of the molecule is N/C(=C\C=C(/N)NC(=O)Cc1cncc(OC2CC(F)(F)C2)c1)CCC(F)Cn1cc(C=O)nn1. The zero-order valence-electron chi connectivity index (χ0n) is 18.7. The van der Waals surface area contributed by atoms with E-state index in [-0.39, 0.29) is 50.2 Å². The zero-order chi connectivity index (χ0) is 25.4. The summed E-state index contributed by atoms with van der Waals surface area (Å²) < 4.78 is 46.7. The molecule has 0 spiro atoms. The number of alkyl halides is 3. The fourth-order valence-corrected chi connectivity index (χ4v) is 3.29. The van der Waals surface area contributed by atoms with Crippen molar-refractivity contribution in [2.45, 2.75) is 56.8 Å². The smallest absolute Gasteiger partial charge is 0.255 e. The summed E-state index contributed by atoms with van der Waals surface area (Å²) in [4.78, 5) is 26.8. The molecule has 10 nitrogen and oxygen atoms in total. The number of aromatic nitrogens is 4. The summed E-state index contributed by atoms with van der Waals surface area (Å²) >= 11 is 0. The van der Waals surface area contributed by atoms with E-state index < -0.39 is 24.1 Å². The molecule has 0 aromatic carbocycles. The first-order valence-electron chi connectivity index (χ1n) is 10.8. The molecule has 1 aliphatic carbocycles. The number of nitrogens with zero attached hydrogens (tertiary/aromatic N) is 4. The van der Waals surface area contributed by atoms with Gasteiger partial charge in [-0.15, -0.1) is 5.10 Å². The van der Waals surface area contributed by atoms with Crippen molar-refractivity contribution < 1.29 is 27.5 Å². The fraction of sp³-hybridized carbons (Fsp3) is 0.409. The minimum absolute atomic E-state index is 0.0378. The van der Waals surface area contributed by atoms with E-state index >= 15 is 0 Å². The summed E-state index contributed by atoms with van der Waals surface area (Å²) in [6.45, 7) is -0.0591. The van der Waals surface area contributed by atoms with Crippen molar-refractivity contribution in [3.63, 3.8) is 0 Å². The van der Waals surface area contributed by atoms with Gasteiger partial charge in [-0.1, -0.05) is 5.21 Å². The molecule has 1 atom stereocenters. The van der Waals surface area contributed by atoms with Crippen molar-refractivity contribution in [3.05, 3.63) is 59.6 Å². The van der Waals surface area contributed by atoms with Gasteiger partial charge in [-0.2, -0.15) is 0 Å². The Morgan fingerprint density at radius 1 is 1.31 bits per heavy atom. The van der Waals surface area contributed by atoms with Gasteiger partial charge >= 0.3 is 0 Å². The molecule has 35 heavy (non-hydrogen) atoms. The Labute approximate surface area is 199 Å². The molecule has 1 saturated carbocycles. The largest absolute Gasteiger partial charge is 0.488 e. The van der Waals surface area contributed by atoms with Gasteiger partial charge in [0.05, 0.1) is 25.4 Å². The molecule has 2 aromatic rings. The monoisotopic (exact) mass is 493 g/mol. The van der Waals surface area contributed by atoms with Gasteiger partial charge in [0, 0.05) is 24.7 Å². The van der Waals surface area contributed by atoms with Crippen molar-refractivity contribution in [3.8, 4) is 5.75 Å². The second kappa shape index (κ2) is 11.5. The van der Waals surface area contributed by atoms with Crippen molar-refractivity contribution in [1.29, 1.82) is 0 Å². The second-order valence-electron chi connectivity index (χ2n) is 8.24. The molecule has 1 amide bonds. The maximum Gasteiger partial charge on any atom is 0.255 e. The van der Waals surface area contributed by atoms with Crippen LogP contribution < -0.4 is 21.5 Å². The van der Waals surface area contributed by atoms with Crippen LogP contribution in [-0.4, -0.2) is 50.4 Å². The number of hydrogen-bond acceptors (Lipinski definition) is 8. The first-order chi connectivity index (χ1) is 16.6. The maximum atomic E-state index is 14.1. The number of halogens is 3. The van der Waals surface area contributed by atoms with Crippen LogP contribution >= 0.6 is 0 Å². The number of nitrogens with one attached hydrogen (secondary N) is 1. The van der Waals surface area contributed by atoms with Gasteiger partial charge < -0.3 is 21.5 Å². The Balaban J connectivity index is 1.41. The van der Waals surface area contributed by atoms with Crippen LogP contribution in [0.15, 0.2) is 48.3 Å². The lowest BCUT2D eigenvalue weighted by Crippen LogP contribution is -2.43. The van der Waals surface area contributed by atoms with E-state index in [1.165, 1.54) is 35.4 Å². The third-order valence-electron chi connectivity index (χ3n) is 5.06. The van der Waals surface area contributed by atoms with E-state index in [0.29, 0.717) is 23.3 Å². The van der Waals surface area contributed by atoms with Gasteiger partial charge in [0.25, 0.3) is 5.92 Å². The topological polar surface area (TPSA) is 151 Å². The molecule has 3 rings (SSSR count). The predicted octanol–water partition coefficient (Wildman–Crippen LogP) is 1.78. The average Bonchev–Trinajstić information content (AvgIpc) is 3.22. The van der Waals surface area contributed by atoms with E-state index in [4.69, 9.17) is 16.2 Å². The van der Waals surface area contributed by atoms with E-state index in [2.05, 4.69) is 20.6 Å². The lowest BCUT2D eigenvalue weighted by Gasteiger charge is -2.34. The summed E-state index contributed by atoms with van der Waals surface area (Å²) in [6, 6.07) is 1.56. The molecule has 5 N–H and O–H groups in total. The van der Waals surface area contributed by atoms with Crippen molar-refractivity contribution in [2.24, 2.45) is 11.5 Å². The minimum atomic E-state index is -2.69. The van der Waals surface area contributed by atoms with Crippen LogP contribution in [0, 0.1) is 0 Å². The Hall–Kier alpha value is -3.90. The summed E-state index contributed by atoms with van der Waals surface area (Å²) in [5.41, 5.74) is 12.7. The minimum Gasteiger partial charge on any atom is -0.488 e. The molecule has 0 bridgehead atoms. The maximum absolute atomic E-state index is 14.1. The molecule has 1 fully saturated rings. The van der Waals surface area contributed by atoms with Crippen molar-refractivity contribution in [1.82, 2.24) is 25.3 Å². The number of aldehydes is 1. The Bertz CT molecular complexity index is 1100. The van der Waals surface area contributed by atoms with Gasteiger partial charge in [-0.3, -0.25) is 14.6 Å². The second-order valence-corrected chi connectivity index (χ2v) is 8.24. The number of rotatable bonds is 12. The molecular weight excluding hydrogens is 467 g/mol. The van der Waals surface area contributed by atoms with Crippen LogP contribution in [-0.2, 0) is 17.8 Å². The normalized spacial score (nSPS) is 16.9. The third kappa shape index (κ3) is 8.43. The zero-order valence-corrected chi connectivity index (χ0v) is 18.7. The predicted molar refractivity (Wildman–Crippen MR) is 119 cm³/mol. The first kappa shape index (κ1) is 25.7. The van der Waals surface area contributed by atoms with E-state index in [1.54, 1.807) is 6.07 Å². The highest BCUT2D eigenvalue weighted by molar-refractivity contribution is 5.80. The van der Waals surface area contributed by atoms with Crippen LogP contribution in [0.5, 0.6) is 5.75 Å². The summed E-state index contributed by atoms with van der Waals surface area (Å²) in [7, 11) is 0. The van der Waals surface area contributed by atoms with Crippen molar-refractivity contribution >= 4 is 12.2 Å². The highest BCUT2D eigenvalue weighted by Gasteiger charge is 2.47.